The van der Waals surface area contributed by atoms with E-state index in [4.69, 9.17) is 0 Å². The molecule has 1 unspecified atom stereocenters. The average Bonchev–Trinajstić information content (AvgIpc) is 2.75. The molecule has 0 bridgehead atoms. The first-order valence-corrected chi connectivity index (χ1v) is 7.57. The van der Waals surface area contributed by atoms with Crippen LogP contribution in [0.25, 0.3) is 10.9 Å². The van der Waals surface area contributed by atoms with Crippen LogP contribution in [0.3, 0.4) is 0 Å². The fourth-order valence-corrected chi connectivity index (χ4v) is 4.36. The fourth-order valence-electron chi connectivity index (χ4n) is 4.36. The van der Waals surface area contributed by atoms with Crippen molar-refractivity contribution >= 4 is 10.9 Å². The Morgan fingerprint density at radius 2 is 1.95 bits per heavy atom. The molecule has 0 aliphatic heterocycles. The number of benzene rings is 1. The Morgan fingerprint density at radius 1 is 1.15 bits per heavy atom. The Balaban J connectivity index is 2.06. The molecule has 0 spiro atoms. The molecule has 1 nitrogen and oxygen atoms in total. The van der Waals surface area contributed by atoms with Crippen molar-refractivity contribution in [1.82, 2.24) is 4.57 Å². The molecule has 0 radical (unpaired) electrons. The van der Waals surface area contributed by atoms with Gasteiger partial charge in [0.2, 0.25) is 0 Å². The lowest BCUT2D eigenvalue weighted by molar-refractivity contribution is 0.432. The molecule has 0 saturated heterocycles. The van der Waals surface area contributed by atoms with Gasteiger partial charge < -0.3 is 4.57 Å². The first-order chi connectivity index (χ1) is 9.61. The molecule has 0 N–H and O–H groups in total. The number of hydrogen-bond donors (Lipinski definition) is 0. The van der Waals surface area contributed by atoms with Gasteiger partial charge in [0.05, 0.1) is 0 Å². The number of para-hydroxylation sites is 1. The molecule has 2 aliphatic rings. The minimum atomic E-state index is 0.211. The van der Waals surface area contributed by atoms with Crippen LogP contribution in [-0.4, -0.2) is 4.57 Å². The molecular weight excluding hydrogens is 242 g/mol. The zero-order valence-corrected chi connectivity index (χ0v) is 12.4. The van der Waals surface area contributed by atoms with Gasteiger partial charge in [-0.25, -0.2) is 0 Å². The van der Waals surface area contributed by atoms with E-state index in [0.29, 0.717) is 0 Å². The zero-order chi connectivity index (χ0) is 13.9. The second-order valence-electron chi connectivity index (χ2n) is 6.56. The summed E-state index contributed by atoms with van der Waals surface area (Å²) < 4.78 is 2.44. The molecular formula is C19H21N. The highest BCUT2D eigenvalue weighted by Crippen LogP contribution is 2.50. The van der Waals surface area contributed by atoms with E-state index in [-0.39, 0.29) is 5.41 Å². The Hall–Kier alpha value is -1.76. The van der Waals surface area contributed by atoms with Crippen LogP contribution in [0.2, 0.25) is 0 Å². The molecule has 0 amide bonds. The van der Waals surface area contributed by atoms with E-state index in [9.17, 15) is 0 Å². The summed E-state index contributed by atoms with van der Waals surface area (Å²) in [6, 6.07) is 8.85. The summed E-state index contributed by atoms with van der Waals surface area (Å²) in [6.45, 7) is 6.61. The molecule has 0 saturated carbocycles. The van der Waals surface area contributed by atoms with Crippen LogP contribution in [0.4, 0.5) is 0 Å². The van der Waals surface area contributed by atoms with E-state index in [1.807, 2.05) is 0 Å². The third kappa shape index (κ3) is 1.38. The summed E-state index contributed by atoms with van der Waals surface area (Å²) in [4.78, 5) is 0. The van der Waals surface area contributed by atoms with E-state index < -0.39 is 0 Å². The maximum Gasteiger partial charge on any atom is 0.0483 e. The molecule has 0 fully saturated rings. The van der Waals surface area contributed by atoms with Gasteiger partial charge in [0, 0.05) is 29.1 Å². The fraction of sp³-hybridized carbons (Fsp3) is 0.368. The van der Waals surface area contributed by atoms with Crippen LogP contribution in [0, 0.1) is 0 Å². The number of allylic oxidation sites excluding steroid dienone is 3. The van der Waals surface area contributed by atoms with Crippen molar-refractivity contribution in [2.24, 2.45) is 7.05 Å². The van der Waals surface area contributed by atoms with Crippen LogP contribution in [0.5, 0.6) is 0 Å². The summed E-state index contributed by atoms with van der Waals surface area (Å²) >= 11 is 0. The van der Waals surface area contributed by atoms with E-state index >= 15 is 0 Å². The third-order valence-corrected chi connectivity index (χ3v) is 5.41. The number of hydrogen-bond acceptors (Lipinski definition) is 0. The monoisotopic (exact) mass is 263 g/mol. The molecule has 1 aromatic carbocycles. The lowest BCUT2D eigenvalue weighted by Gasteiger charge is -2.41. The number of fused-ring (bicyclic) bond motifs is 5. The minimum Gasteiger partial charge on any atom is -0.347 e. The molecule has 2 aliphatic carbocycles. The van der Waals surface area contributed by atoms with Gasteiger partial charge in [-0.2, -0.15) is 0 Å². The third-order valence-electron chi connectivity index (χ3n) is 5.41. The van der Waals surface area contributed by atoms with E-state index in [0.717, 1.165) is 6.42 Å². The van der Waals surface area contributed by atoms with Crippen LogP contribution in [0.1, 0.15) is 37.4 Å². The number of aryl methyl sites for hydroxylation is 2. The lowest BCUT2D eigenvalue weighted by Crippen LogP contribution is -2.34. The Kier molecular flexibility index (Phi) is 2.33. The maximum atomic E-state index is 4.17. The van der Waals surface area contributed by atoms with Gasteiger partial charge in [-0.3, -0.25) is 0 Å². The number of rotatable bonds is 0. The smallest absolute Gasteiger partial charge is 0.0483 e. The van der Waals surface area contributed by atoms with Gasteiger partial charge >= 0.3 is 0 Å². The topological polar surface area (TPSA) is 4.93 Å². The maximum absolute atomic E-state index is 4.17. The van der Waals surface area contributed by atoms with Crippen LogP contribution in [0.15, 0.2) is 48.1 Å². The van der Waals surface area contributed by atoms with Gasteiger partial charge in [-0.15, -0.1) is 0 Å². The van der Waals surface area contributed by atoms with Gasteiger partial charge in [0.1, 0.15) is 0 Å². The van der Waals surface area contributed by atoms with Gasteiger partial charge in [0.25, 0.3) is 0 Å². The molecule has 1 atom stereocenters. The van der Waals surface area contributed by atoms with Gasteiger partial charge in [0.15, 0.2) is 0 Å². The highest BCUT2D eigenvalue weighted by Gasteiger charge is 2.41. The number of aromatic nitrogens is 1. The van der Waals surface area contributed by atoms with E-state index in [1.54, 1.807) is 16.8 Å². The summed E-state index contributed by atoms with van der Waals surface area (Å²) in [5, 5.41) is 1.45. The van der Waals surface area contributed by atoms with Gasteiger partial charge in [-0.1, -0.05) is 48.9 Å². The molecule has 2 aromatic rings. The standard InChI is InChI=1S/C19H21N/c1-13-10-11-19(2)14(12-13)8-9-16-15-6-4-5-7-17(15)20(3)18(16)19/h4-7,12H,1,8-11H2,2-3H3. The molecule has 1 aromatic heterocycles. The molecule has 102 valence electrons. The zero-order valence-electron chi connectivity index (χ0n) is 12.4. The van der Waals surface area contributed by atoms with Crippen molar-refractivity contribution < 1.29 is 0 Å². The highest BCUT2D eigenvalue weighted by molar-refractivity contribution is 5.87. The van der Waals surface area contributed by atoms with Crippen molar-refractivity contribution in [1.29, 1.82) is 0 Å². The Labute approximate surface area is 120 Å². The van der Waals surface area contributed by atoms with E-state index in [2.05, 4.69) is 55.5 Å². The predicted molar refractivity (Wildman–Crippen MR) is 85.0 cm³/mol. The van der Waals surface area contributed by atoms with Crippen molar-refractivity contribution in [2.75, 3.05) is 0 Å². The first-order valence-electron chi connectivity index (χ1n) is 7.57. The summed E-state index contributed by atoms with van der Waals surface area (Å²) in [6.07, 6.45) is 7.06. The summed E-state index contributed by atoms with van der Waals surface area (Å²) in [5.74, 6) is 0. The average molecular weight is 263 g/mol. The quantitative estimate of drug-likeness (QED) is 0.651. The Bertz CT molecular complexity index is 759. The largest absolute Gasteiger partial charge is 0.347 e. The second-order valence-corrected chi connectivity index (χ2v) is 6.56. The highest BCUT2D eigenvalue weighted by atomic mass is 15.0. The molecule has 20 heavy (non-hydrogen) atoms. The normalized spacial score (nSPS) is 25.3. The SMILES string of the molecule is C=C1C=C2CCc3c(n(C)c4ccccc34)C2(C)CC1. The van der Waals surface area contributed by atoms with Gasteiger partial charge in [-0.05, 0) is 37.3 Å². The number of nitrogens with zero attached hydrogens (tertiary/aromatic N) is 1. The van der Waals surface area contributed by atoms with Crippen LogP contribution in [-0.2, 0) is 18.9 Å². The first kappa shape index (κ1) is 12.0. The molecule has 4 rings (SSSR count). The minimum absolute atomic E-state index is 0.211. The van der Waals surface area contributed by atoms with Crippen LogP contribution < -0.4 is 0 Å². The second kappa shape index (κ2) is 3.88. The summed E-state index contributed by atoms with van der Waals surface area (Å²) in [5.41, 5.74) is 7.61. The predicted octanol–water partition coefficient (Wildman–Crippen LogP) is 4.66. The van der Waals surface area contributed by atoms with Crippen molar-refractivity contribution in [2.45, 2.75) is 38.0 Å². The molecule has 1 heterocycles. The van der Waals surface area contributed by atoms with Crippen molar-refractivity contribution in [3.63, 3.8) is 0 Å². The molecule has 1 heteroatoms. The van der Waals surface area contributed by atoms with E-state index in [1.165, 1.54) is 35.7 Å². The lowest BCUT2D eigenvalue weighted by atomic mass is 9.65. The summed E-state index contributed by atoms with van der Waals surface area (Å²) in [7, 11) is 2.23. The van der Waals surface area contributed by atoms with Crippen LogP contribution >= 0.6 is 0 Å². The van der Waals surface area contributed by atoms with Crippen molar-refractivity contribution in [3.05, 3.63) is 59.3 Å². The Morgan fingerprint density at radius 3 is 2.80 bits per heavy atom. The van der Waals surface area contributed by atoms with Crippen molar-refractivity contribution in [3.8, 4) is 0 Å².